The first-order valence-electron chi connectivity index (χ1n) is 17.4. The van der Waals surface area contributed by atoms with Crippen LogP contribution in [-0.2, 0) is 29.7 Å². The maximum Gasteiger partial charge on any atom is 0.277 e. The number of fused-ring (bicyclic) bond motifs is 1. The summed E-state index contributed by atoms with van der Waals surface area (Å²) in [5.41, 5.74) is 5.48. The van der Waals surface area contributed by atoms with Gasteiger partial charge in [0.2, 0.25) is 17.7 Å². The zero-order valence-corrected chi connectivity index (χ0v) is 30.5. The molecule has 2 atom stereocenters. The zero-order valence-electron chi connectivity index (χ0n) is 29.0. The van der Waals surface area contributed by atoms with Gasteiger partial charge in [-0.25, -0.2) is 9.50 Å². The molecule has 2 aliphatic heterocycles. The van der Waals surface area contributed by atoms with Gasteiger partial charge in [0.05, 0.1) is 29.4 Å². The number of rotatable bonds is 13. The second-order valence-electron chi connectivity index (χ2n) is 13.2. The van der Waals surface area contributed by atoms with E-state index in [0.29, 0.717) is 72.0 Å². The van der Waals surface area contributed by atoms with E-state index >= 15 is 0 Å². The van der Waals surface area contributed by atoms with E-state index in [1.807, 2.05) is 54.7 Å². The van der Waals surface area contributed by atoms with Crippen LogP contribution in [0.4, 0.5) is 0 Å². The molecule has 2 aliphatic rings. The van der Waals surface area contributed by atoms with E-state index in [1.165, 1.54) is 0 Å². The fraction of sp³-hybridized carbons (Fsp3) is 0.342. The lowest BCUT2D eigenvalue weighted by Gasteiger charge is -2.15. The van der Waals surface area contributed by atoms with Crippen LogP contribution in [0.2, 0.25) is 10.0 Å². The van der Waals surface area contributed by atoms with Crippen molar-refractivity contribution in [1.82, 2.24) is 40.4 Å². The highest BCUT2D eigenvalue weighted by Crippen LogP contribution is 2.42. The Morgan fingerprint density at radius 1 is 0.865 bits per heavy atom. The lowest BCUT2D eigenvalue weighted by Crippen LogP contribution is -2.35. The van der Waals surface area contributed by atoms with Crippen LogP contribution in [0.3, 0.4) is 0 Å². The fourth-order valence-electron chi connectivity index (χ4n) is 6.89. The van der Waals surface area contributed by atoms with Gasteiger partial charge in [0, 0.05) is 84.6 Å². The normalized spacial score (nSPS) is 17.2. The molecule has 0 spiro atoms. The van der Waals surface area contributed by atoms with Crippen LogP contribution < -0.4 is 31.6 Å². The predicted molar refractivity (Wildman–Crippen MR) is 201 cm³/mol. The van der Waals surface area contributed by atoms with Gasteiger partial charge in [0.25, 0.3) is 5.56 Å². The number of ether oxygens (including phenoxy) is 1. The van der Waals surface area contributed by atoms with Gasteiger partial charge in [-0.3, -0.25) is 19.0 Å². The highest BCUT2D eigenvalue weighted by molar-refractivity contribution is 6.39. The Balaban J connectivity index is 1.11. The van der Waals surface area contributed by atoms with Gasteiger partial charge >= 0.3 is 0 Å². The Morgan fingerprint density at radius 2 is 1.54 bits per heavy atom. The summed E-state index contributed by atoms with van der Waals surface area (Å²) in [6.45, 7) is 2.30. The van der Waals surface area contributed by atoms with Gasteiger partial charge in [-0.15, -0.1) is 0 Å². The van der Waals surface area contributed by atoms with Crippen LogP contribution in [0.15, 0.2) is 65.6 Å². The summed E-state index contributed by atoms with van der Waals surface area (Å²) in [6.07, 6.45) is 5.44. The van der Waals surface area contributed by atoms with E-state index in [4.69, 9.17) is 38.0 Å². The monoisotopic (exact) mass is 742 g/mol. The van der Waals surface area contributed by atoms with Gasteiger partial charge in [0.15, 0.2) is 0 Å². The van der Waals surface area contributed by atoms with Crippen LogP contribution >= 0.6 is 23.2 Å². The molecular formula is C38H40Cl2N8O4. The van der Waals surface area contributed by atoms with Gasteiger partial charge in [-0.05, 0) is 37.9 Å². The third-order valence-electron chi connectivity index (χ3n) is 9.77. The number of nitrogens with one attached hydrogen (secondary N) is 4. The standard InChI is InChI=1S/C38H40Cl2N8O4/c1-47-32(20-41-16-15-24-10-13-33(49)43-24)46-48-21-23(17-31(48)38(47)51)26-5-3-6-27(35(26)39)28-7-4-8-29(36(28)40)30-12-9-22(37(45-30)52-2)18-42-19-25-11-14-34(50)44-25/h3-9,12,17,21,24-25,41-42H,10-11,13-16,18-20H2,1-2H3,(H,43,49)(H,44,50)/t24-,25-/m0/s1. The molecule has 12 nitrogen and oxygen atoms in total. The Morgan fingerprint density at radius 3 is 2.23 bits per heavy atom. The minimum absolute atomic E-state index is 0.0912. The molecule has 0 unspecified atom stereocenters. The van der Waals surface area contributed by atoms with Crippen molar-refractivity contribution in [1.29, 1.82) is 0 Å². The second-order valence-corrected chi connectivity index (χ2v) is 14.0. The van der Waals surface area contributed by atoms with Crippen molar-refractivity contribution in [3.63, 3.8) is 0 Å². The van der Waals surface area contributed by atoms with Crippen LogP contribution in [0, 0.1) is 0 Å². The third kappa shape index (κ3) is 7.42. The number of nitrogens with zero attached hydrogens (tertiary/aromatic N) is 4. The maximum atomic E-state index is 13.4. The van der Waals surface area contributed by atoms with Gasteiger partial charge in [-0.1, -0.05) is 65.7 Å². The number of hydrogen-bond donors (Lipinski definition) is 4. The molecule has 52 heavy (non-hydrogen) atoms. The van der Waals surface area contributed by atoms with Crippen molar-refractivity contribution >= 4 is 40.5 Å². The summed E-state index contributed by atoms with van der Waals surface area (Å²) in [7, 11) is 3.30. The van der Waals surface area contributed by atoms with E-state index in [-0.39, 0.29) is 29.5 Å². The molecule has 0 aliphatic carbocycles. The molecule has 0 saturated carbocycles. The summed E-state index contributed by atoms with van der Waals surface area (Å²) >= 11 is 14.2. The first-order chi connectivity index (χ1) is 25.2. The molecule has 4 N–H and O–H groups in total. The third-order valence-corrected chi connectivity index (χ3v) is 10.6. The fourth-order valence-corrected chi connectivity index (χ4v) is 7.55. The molecule has 2 fully saturated rings. The summed E-state index contributed by atoms with van der Waals surface area (Å²) < 4.78 is 8.80. The average molecular weight is 744 g/mol. The van der Waals surface area contributed by atoms with Crippen molar-refractivity contribution in [2.45, 2.75) is 57.3 Å². The van der Waals surface area contributed by atoms with Crippen molar-refractivity contribution in [2.75, 3.05) is 20.2 Å². The van der Waals surface area contributed by atoms with E-state index in [1.54, 1.807) is 29.3 Å². The molecule has 270 valence electrons. The number of methoxy groups -OCH3 is 1. The number of halogens is 2. The SMILES string of the molecule is COc1nc(-c2cccc(-c3cccc(-c4cc5c(=O)n(C)c(CNCC[C@@H]6CCC(=O)N6)nn5c4)c3Cl)c2Cl)ccc1CNC[C@@H]1CCC(=O)N1. The largest absolute Gasteiger partial charge is 0.481 e. The summed E-state index contributed by atoms with van der Waals surface area (Å²) in [6, 6.07) is 17.5. The average Bonchev–Trinajstić information content (AvgIpc) is 3.89. The van der Waals surface area contributed by atoms with Gasteiger partial charge in [0.1, 0.15) is 11.3 Å². The van der Waals surface area contributed by atoms with Crippen molar-refractivity contribution in [2.24, 2.45) is 7.05 Å². The molecule has 5 heterocycles. The zero-order chi connectivity index (χ0) is 36.4. The van der Waals surface area contributed by atoms with E-state index < -0.39 is 0 Å². The quantitative estimate of drug-likeness (QED) is 0.125. The van der Waals surface area contributed by atoms with Crippen molar-refractivity contribution in [3.05, 3.63) is 92.6 Å². The van der Waals surface area contributed by atoms with Crippen molar-refractivity contribution < 1.29 is 14.3 Å². The second kappa shape index (κ2) is 15.5. The van der Waals surface area contributed by atoms with E-state index in [2.05, 4.69) is 21.3 Å². The molecule has 2 aromatic carbocycles. The number of benzene rings is 2. The van der Waals surface area contributed by atoms with Gasteiger partial charge < -0.3 is 26.0 Å². The number of aromatic nitrogens is 4. The molecule has 5 aromatic rings. The summed E-state index contributed by atoms with van der Waals surface area (Å²) in [5, 5.41) is 18.4. The molecule has 2 amide bonds. The molecule has 3 aromatic heterocycles. The highest BCUT2D eigenvalue weighted by atomic mass is 35.5. The van der Waals surface area contributed by atoms with Gasteiger partial charge in [-0.2, -0.15) is 5.10 Å². The number of carbonyl (C=O) groups excluding carboxylic acids is 2. The Kier molecular flexibility index (Phi) is 10.6. The molecule has 0 bridgehead atoms. The number of amides is 2. The van der Waals surface area contributed by atoms with Crippen molar-refractivity contribution in [3.8, 4) is 39.4 Å². The van der Waals surface area contributed by atoms with E-state index in [9.17, 15) is 14.4 Å². The van der Waals surface area contributed by atoms with Crippen LogP contribution in [0.5, 0.6) is 5.88 Å². The Bertz CT molecular complexity index is 2220. The highest BCUT2D eigenvalue weighted by Gasteiger charge is 2.22. The summed E-state index contributed by atoms with van der Waals surface area (Å²) in [5.74, 6) is 1.27. The Hall–Kier alpha value is -4.75. The predicted octanol–water partition coefficient (Wildman–Crippen LogP) is 4.87. The lowest BCUT2D eigenvalue weighted by atomic mass is 9.97. The first-order valence-corrected chi connectivity index (χ1v) is 18.2. The topological polar surface area (TPSA) is 144 Å². The smallest absolute Gasteiger partial charge is 0.277 e. The van der Waals surface area contributed by atoms with Crippen LogP contribution in [0.1, 0.15) is 43.5 Å². The minimum Gasteiger partial charge on any atom is -0.481 e. The molecule has 7 rings (SSSR count). The van der Waals surface area contributed by atoms with E-state index in [0.717, 1.165) is 52.6 Å². The number of pyridine rings is 1. The number of hydrogen-bond acceptors (Lipinski definition) is 8. The van der Waals surface area contributed by atoms with Crippen LogP contribution in [0.25, 0.3) is 39.0 Å². The molecule has 14 heteroatoms. The lowest BCUT2D eigenvalue weighted by molar-refractivity contribution is -0.120. The maximum absolute atomic E-state index is 13.4. The first kappa shape index (κ1) is 35.6. The number of carbonyl (C=O) groups is 2. The summed E-state index contributed by atoms with van der Waals surface area (Å²) in [4.78, 5) is 41.2. The molecule has 2 saturated heterocycles. The van der Waals surface area contributed by atoms with Crippen LogP contribution in [-0.4, -0.2) is 63.3 Å². The Labute approximate surface area is 310 Å². The molecular weight excluding hydrogens is 703 g/mol. The molecule has 0 radical (unpaired) electrons. The minimum atomic E-state index is -0.170.